The van der Waals surface area contributed by atoms with Crippen LogP contribution in [-0.2, 0) is 19.3 Å². The molecule has 0 saturated carbocycles. The van der Waals surface area contributed by atoms with Gasteiger partial charge in [0.05, 0.1) is 5.39 Å². The van der Waals surface area contributed by atoms with E-state index in [9.17, 15) is 20.1 Å². The van der Waals surface area contributed by atoms with Gasteiger partial charge in [-0.3, -0.25) is 4.79 Å². The van der Waals surface area contributed by atoms with Crippen molar-refractivity contribution in [2.75, 3.05) is 0 Å². The van der Waals surface area contributed by atoms with Crippen molar-refractivity contribution < 1.29 is 24.5 Å². The molecule has 0 fully saturated rings. The first-order valence-electron chi connectivity index (χ1n) is 11.6. The summed E-state index contributed by atoms with van der Waals surface area (Å²) >= 11 is 0. The van der Waals surface area contributed by atoms with Crippen LogP contribution in [-0.4, -0.2) is 20.9 Å². The maximum absolute atomic E-state index is 13.7. The minimum absolute atomic E-state index is 0.0740. The molecule has 0 aliphatic carbocycles. The maximum Gasteiger partial charge on any atom is 0.204 e. The zero-order valence-electron chi connectivity index (χ0n) is 20.6. The van der Waals surface area contributed by atoms with Crippen molar-refractivity contribution in [2.45, 2.75) is 72.8 Å². The van der Waals surface area contributed by atoms with E-state index < -0.39 is 16.8 Å². The van der Waals surface area contributed by atoms with E-state index in [-0.39, 0.29) is 33.4 Å². The first-order chi connectivity index (χ1) is 15.9. The predicted molar refractivity (Wildman–Crippen MR) is 134 cm³/mol. The average molecular weight is 465 g/mol. The van der Waals surface area contributed by atoms with Gasteiger partial charge in [0.1, 0.15) is 28.1 Å². The summed E-state index contributed by atoms with van der Waals surface area (Å²) in [5.74, 6) is -0.432. The summed E-state index contributed by atoms with van der Waals surface area (Å²) in [4.78, 5) is 13.7. The molecule has 0 unspecified atom stereocenters. The Bertz CT molecular complexity index is 1430. The molecule has 0 amide bonds. The van der Waals surface area contributed by atoms with E-state index in [1.165, 1.54) is 6.07 Å². The second kappa shape index (κ2) is 8.42. The smallest absolute Gasteiger partial charge is 0.204 e. The van der Waals surface area contributed by atoms with Gasteiger partial charge in [0.25, 0.3) is 0 Å². The number of fused-ring (bicyclic) bond motifs is 3. The topological polar surface area (TPSA) is 100 Å². The number of allylic oxidation sites excluding steroid dienone is 4. The fraction of sp³-hybridized carbons (Fsp3) is 0.393. The molecule has 6 heteroatoms. The molecule has 1 aliphatic rings. The van der Waals surface area contributed by atoms with E-state index in [2.05, 4.69) is 0 Å². The molecule has 3 aromatic rings. The number of benzene rings is 2. The average Bonchev–Trinajstić information content (AvgIpc) is 2.74. The van der Waals surface area contributed by atoms with Gasteiger partial charge in [-0.2, -0.15) is 0 Å². The number of aromatic hydroxyl groups is 3. The van der Waals surface area contributed by atoms with Crippen LogP contribution in [0.3, 0.4) is 0 Å². The molecule has 2 heterocycles. The van der Waals surface area contributed by atoms with Crippen LogP contribution in [0.15, 0.2) is 38.6 Å². The van der Waals surface area contributed by atoms with Crippen molar-refractivity contribution in [2.24, 2.45) is 0 Å². The molecule has 0 spiro atoms. The van der Waals surface area contributed by atoms with Crippen molar-refractivity contribution in [3.63, 3.8) is 0 Å². The highest BCUT2D eigenvalue weighted by atomic mass is 16.5. The number of ether oxygens (including phenoxy) is 1. The Morgan fingerprint density at radius 2 is 1.62 bits per heavy atom. The first kappa shape index (κ1) is 23.7. The Hall–Kier alpha value is -3.41. The standard InChI is InChI=1S/C28H32O6/c1-14(2)7-9-16-13-19-23(31)20-22(30)17-11-12-28(5,6)34-25(17)18(10-8-15(3)4)26(20)33-27(19)24(32)21(16)29/h7-8,13,29-30,32H,9-12H2,1-6H3. The van der Waals surface area contributed by atoms with Gasteiger partial charge in [0, 0.05) is 16.7 Å². The normalized spacial score (nSPS) is 14.5. The van der Waals surface area contributed by atoms with Gasteiger partial charge in [-0.25, -0.2) is 0 Å². The fourth-order valence-corrected chi connectivity index (χ4v) is 4.40. The molecular weight excluding hydrogens is 432 g/mol. The third-order valence-corrected chi connectivity index (χ3v) is 6.35. The molecule has 3 N–H and O–H groups in total. The Morgan fingerprint density at radius 1 is 0.971 bits per heavy atom. The van der Waals surface area contributed by atoms with Crippen LogP contribution < -0.4 is 10.2 Å². The Labute approximate surface area is 198 Å². The summed E-state index contributed by atoms with van der Waals surface area (Å²) in [7, 11) is 0. The Balaban J connectivity index is 2.13. The van der Waals surface area contributed by atoms with E-state index >= 15 is 0 Å². The molecule has 6 nitrogen and oxygen atoms in total. The van der Waals surface area contributed by atoms with Crippen molar-refractivity contribution in [1.82, 2.24) is 0 Å². The zero-order chi connectivity index (χ0) is 24.9. The van der Waals surface area contributed by atoms with Crippen molar-refractivity contribution in [3.8, 4) is 23.0 Å². The summed E-state index contributed by atoms with van der Waals surface area (Å²) in [5.41, 5.74) is 2.94. The molecule has 4 rings (SSSR count). The minimum atomic E-state index is -0.486. The largest absolute Gasteiger partial charge is 0.507 e. The van der Waals surface area contributed by atoms with Crippen molar-refractivity contribution >= 4 is 21.9 Å². The summed E-state index contributed by atoms with van der Waals surface area (Å²) in [6.07, 6.45) is 5.93. The van der Waals surface area contributed by atoms with Crippen LogP contribution >= 0.6 is 0 Å². The second-order valence-corrected chi connectivity index (χ2v) is 10.2. The molecule has 1 aliphatic heterocycles. The highest BCUT2D eigenvalue weighted by Gasteiger charge is 2.34. The molecular formula is C28H32O6. The lowest BCUT2D eigenvalue weighted by Crippen LogP contribution is -2.33. The summed E-state index contributed by atoms with van der Waals surface area (Å²) in [5, 5.41) is 32.8. The van der Waals surface area contributed by atoms with Crippen molar-refractivity contribution in [3.05, 3.63) is 56.3 Å². The van der Waals surface area contributed by atoms with Crippen molar-refractivity contribution in [1.29, 1.82) is 0 Å². The van der Waals surface area contributed by atoms with E-state index in [0.29, 0.717) is 48.1 Å². The molecule has 0 bridgehead atoms. The minimum Gasteiger partial charge on any atom is -0.507 e. The second-order valence-electron chi connectivity index (χ2n) is 10.2. The fourth-order valence-electron chi connectivity index (χ4n) is 4.40. The number of hydrogen-bond acceptors (Lipinski definition) is 6. The van der Waals surface area contributed by atoms with E-state index in [1.54, 1.807) is 0 Å². The quantitative estimate of drug-likeness (QED) is 0.242. The van der Waals surface area contributed by atoms with Crippen LogP contribution in [0.2, 0.25) is 0 Å². The van der Waals surface area contributed by atoms with Crippen LogP contribution in [0.4, 0.5) is 0 Å². The van der Waals surface area contributed by atoms with E-state index in [0.717, 1.165) is 11.1 Å². The summed E-state index contributed by atoms with van der Waals surface area (Å²) < 4.78 is 12.4. The van der Waals surface area contributed by atoms with Crippen LogP contribution in [0.5, 0.6) is 23.0 Å². The van der Waals surface area contributed by atoms with Gasteiger partial charge in [-0.1, -0.05) is 23.3 Å². The van der Waals surface area contributed by atoms with E-state index in [1.807, 2.05) is 53.7 Å². The molecule has 1 aromatic heterocycles. The lowest BCUT2D eigenvalue weighted by molar-refractivity contribution is 0.0827. The third kappa shape index (κ3) is 4.02. The first-order valence-corrected chi connectivity index (χ1v) is 11.6. The van der Waals surface area contributed by atoms with Gasteiger partial charge in [0.15, 0.2) is 11.3 Å². The van der Waals surface area contributed by atoms with Gasteiger partial charge < -0.3 is 24.5 Å². The monoisotopic (exact) mass is 464 g/mol. The Kier molecular flexibility index (Phi) is 5.88. The Morgan fingerprint density at radius 3 is 2.26 bits per heavy atom. The highest BCUT2D eigenvalue weighted by molar-refractivity contribution is 5.99. The van der Waals surface area contributed by atoms with Gasteiger partial charge in [-0.15, -0.1) is 0 Å². The van der Waals surface area contributed by atoms with Gasteiger partial charge >= 0.3 is 0 Å². The highest BCUT2D eigenvalue weighted by Crippen LogP contribution is 2.47. The van der Waals surface area contributed by atoms with Gasteiger partial charge in [-0.05, 0) is 73.3 Å². The predicted octanol–water partition coefficient (Wildman–Crippen LogP) is 6.18. The molecule has 0 atom stereocenters. The number of phenolic OH excluding ortho intramolecular Hbond substituents is 3. The summed E-state index contributed by atoms with van der Waals surface area (Å²) in [6.45, 7) is 11.8. The maximum atomic E-state index is 13.7. The zero-order valence-corrected chi connectivity index (χ0v) is 20.6. The SMILES string of the molecule is CC(C)=CCc1cc2c(=O)c3c(O)c4c(c(CC=C(C)C)c3oc2c(O)c1O)OC(C)(C)CC4. The molecule has 34 heavy (non-hydrogen) atoms. The molecule has 0 saturated heterocycles. The van der Waals surface area contributed by atoms with Crippen LogP contribution in [0, 0.1) is 0 Å². The summed E-state index contributed by atoms with van der Waals surface area (Å²) in [6, 6.07) is 1.53. The number of rotatable bonds is 4. The number of hydrogen-bond donors (Lipinski definition) is 3. The molecule has 0 radical (unpaired) electrons. The third-order valence-electron chi connectivity index (χ3n) is 6.35. The van der Waals surface area contributed by atoms with E-state index in [4.69, 9.17) is 9.15 Å². The lowest BCUT2D eigenvalue weighted by Gasteiger charge is -2.34. The van der Waals surface area contributed by atoms with Gasteiger partial charge in [0.2, 0.25) is 11.2 Å². The molecule has 2 aromatic carbocycles. The number of phenols is 3. The lowest BCUT2D eigenvalue weighted by atomic mass is 9.89. The van der Waals surface area contributed by atoms with Crippen LogP contribution in [0.25, 0.3) is 21.9 Å². The molecule has 180 valence electrons. The van der Waals surface area contributed by atoms with Crippen LogP contribution in [0.1, 0.15) is 64.7 Å².